The second-order valence-corrected chi connectivity index (χ2v) is 9.13. The van der Waals surface area contributed by atoms with Crippen LogP contribution < -0.4 is 4.90 Å². The van der Waals surface area contributed by atoms with E-state index in [-0.39, 0.29) is 5.91 Å². The van der Waals surface area contributed by atoms with E-state index in [4.69, 9.17) is 4.98 Å². The highest BCUT2D eigenvalue weighted by molar-refractivity contribution is 9.11. The van der Waals surface area contributed by atoms with Crippen molar-refractivity contribution >= 4 is 38.3 Å². The number of nitrogens with zero attached hydrogens (tertiary/aromatic N) is 3. The van der Waals surface area contributed by atoms with Crippen molar-refractivity contribution in [2.45, 2.75) is 12.8 Å². The summed E-state index contributed by atoms with van der Waals surface area (Å²) in [5.74, 6) is 0.244. The minimum atomic E-state index is 0.244. The molecule has 4 nitrogen and oxygen atoms in total. The highest BCUT2D eigenvalue weighted by Crippen LogP contribution is 2.37. The van der Waals surface area contributed by atoms with Gasteiger partial charge in [-0.3, -0.25) is 4.79 Å². The molecule has 2 aromatic carbocycles. The van der Waals surface area contributed by atoms with Crippen LogP contribution in [0.25, 0.3) is 11.3 Å². The Hall–Kier alpha value is -2.18. The van der Waals surface area contributed by atoms with Crippen molar-refractivity contribution in [2.75, 3.05) is 31.1 Å². The van der Waals surface area contributed by atoms with Crippen LogP contribution in [0.15, 0.2) is 64.5 Å². The minimum Gasteiger partial charge on any atom is -0.344 e. The summed E-state index contributed by atoms with van der Waals surface area (Å²) in [7, 11) is 0. The van der Waals surface area contributed by atoms with Crippen LogP contribution in [0.1, 0.15) is 12.0 Å². The lowest BCUT2D eigenvalue weighted by molar-refractivity contribution is -0.131. The molecule has 0 spiro atoms. The SMILES string of the molecule is O=C(CCc1ccccc1)N1CCN(c2nc(-c3ccccc3)c(Br)s2)CC1. The second-order valence-electron chi connectivity index (χ2n) is 6.84. The topological polar surface area (TPSA) is 36.4 Å². The summed E-state index contributed by atoms with van der Waals surface area (Å²) in [5.41, 5.74) is 3.32. The molecule has 1 saturated heterocycles. The van der Waals surface area contributed by atoms with Crippen molar-refractivity contribution in [3.63, 3.8) is 0 Å². The van der Waals surface area contributed by atoms with E-state index in [2.05, 4.69) is 45.1 Å². The standard InChI is InChI=1S/C22H22BrN3OS/c23-21-20(18-9-5-2-6-10-18)24-22(28-21)26-15-13-25(14-16-26)19(27)12-11-17-7-3-1-4-8-17/h1-10H,11-16H2. The van der Waals surface area contributed by atoms with Crippen molar-refractivity contribution in [1.82, 2.24) is 9.88 Å². The fourth-order valence-corrected chi connectivity index (χ4v) is 5.02. The van der Waals surface area contributed by atoms with Crippen LogP contribution in [-0.4, -0.2) is 42.0 Å². The van der Waals surface area contributed by atoms with E-state index in [1.165, 1.54) is 5.56 Å². The Morgan fingerprint density at radius 1 is 0.964 bits per heavy atom. The first-order valence-corrected chi connectivity index (χ1v) is 11.1. The number of aromatic nitrogens is 1. The van der Waals surface area contributed by atoms with Gasteiger partial charge in [-0.1, -0.05) is 72.0 Å². The average Bonchev–Trinajstić information content (AvgIpc) is 3.15. The molecule has 0 aliphatic carbocycles. The van der Waals surface area contributed by atoms with Crippen LogP contribution in [0, 0.1) is 0 Å². The van der Waals surface area contributed by atoms with Gasteiger partial charge in [-0.15, -0.1) is 0 Å². The van der Waals surface area contributed by atoms with E-state index in [0.29, 0.717) is 6.42 Å². The van der Waals surface area contributed by atoms with Gasteiger partial charge in [0.05, 0.1) is 9.48 Å². The zero-order valence-corrected chi connectivity index (χ0v) is 18.0. The van der Waals surface area contributed by atoms with Crippen molar-refractivity contribution < 1.29 is 4.79 Å². The number of amides is 1. The Morgan fingerprint density at radius 2 is 1.61 bits per heavy atom. The number of halogens is 1. The summed E-state index contributed by atoms with van der Waals surface area (Å²) in [6, 6.07) is 20.4. The first-order chi connectivity index (χ1) is 13.7. The molecule has 0 radical (unpaired) electrons. The molecule has 2 heterocycles. The Morgan fingerprint density at radius 3 is 2.29 bits per heavy atom. The average molecular weight is 456 g/mol. The molecule has 0 unspecified atom stereocenters. The number of carbonyl (C=O) groups excluding carboxylic acids is 1. The Labute approximate surface area is 178 Å². The smallest absolute Gasteiger partial charge is 0.223 e. The summed E-state index contributed by atoms with van der Waals surface area (Å²) in [4.78, 5) is 21.7. The van der Waals surface area contributed by atoms with Crippen LogP contribution in [-0.2, 0) is 11.2 Å². The van der Waals surface area contributed by atoms with E-state index >= 15 is 0 Å². The lowest BCUT2D eigenvalue weighted by atomic mass is 10.1. The number of benzene rings is 2. The molecule has 6 heteroatoms. The molecule has 1 aliphatic rings. The van der Waals surface area contributed by atoms with E-state index in [0.717, 1.165) is 52.8 Å². The van der Waals surface area contributed by atoms with Crippen molar-refractivity contribution in [3.8, 4) is 11.3 Å². The second kappa shape index (κ2) is 8.88. The molecule has 0 bridgehead atoms. The lowest BCUT2D eigenvalue weighted by Gasteiger charge is -2.34. The molecule has 3 aromatic rings. The Kier molecular flexibility index (Phi) is 6.07. The largest absolute Gasteiger partial charge is 0.344 e. The molecular formula is C22H22BrN3OS. The molecule has 28 heavy (non-hydrogen) atoms. The minimum absolute atomic E-state index is 0.244. The number of carbonyl (C=O) groups is 1. The van der Waals surface area contributed by atoms with Gasteiger partial charge in [-0.25, -0.2) is 4.98 Å². The van der Waals surface area contributed by atoms with E-state index in [9.17, 15) is 4.79 Å². The highest BCUT2D eigenvalue weighted by Gasteiger charge is 2.24. The van der Waals surface area contributed by atoms with Crippen LogP contribution in [0.5, 0.6) is 0 Å². The van der Waals surface area contributed by atoms with Gasteiger partial charge < -0.3 is 9.80 Å². The van der Waals surface area contributed by atoms with Gasteiger partial charge in [0.2, 0.25) is 5.91 Å². The number of piperazine rings is 1. The summed E-state index contributed by atoms with van der Waals surface area (Å²) in [6.07, 6.45) is 1.38. The maximum atomic E-state index is 12.5. The summed E-state index contributed by atoms with van der Waals surface area (Å²) in [5, 5.41) is 1.02. The van der Waals surface area contributed by atoms with Gasteiger partial charge in [-0.05, 0) is 27.9 Å². The molecule has 1 amide bonds. The third-order valence-electron chi connectivity index (χ3n) is 5.00. The van der Waals surface area contributed by atoms with Crippen molar-refractivity contribution in [3.05, 3.63) is 70.0 Å². The van der Waals surface area contributed by atoms with E-state index in [1.54, 1.807) is 11.3 Å². The fraction of sp³-hybridized carbons (Fsp3) is 0.273. The van der Waals surface area contributed by atoms with E-state index in [1.807, 2.05) is 41.3 Å². The number of thiazole rings is 1. The first kappa shape index (κ1) is 19.2. The fourth-order valence-electron chi connectivity index (χ4n) is 3.40. The molecular weight excluding hydrogens is 434 g/mol. The van der Waals surface area contributed by atoms with Gasteiger partial charge in [0.1, 0.15) is 0 Å². The molecule has 0 atom stereocenters. The Balaban J connectivity index is 1.33. The normalized spacial score (nSPS) is 14.3. The molecule has 4 rings (SSSR count). The molecule has 1 aromatic heterocycles. The maximum absolute atomic E-state index is 12.5. The third kappa shape index (κ3) is 4.45. The highest BCUT2D eigenvalue weighted by atomic mass is 79.9. The number of hydrogen-bond donors (Lipinski definition) is 0. The quantitative estimate of drug-likeness (QED) is 0.551. The summed E-state index contributed by atoms with van der Waals surface area (Å²) >= 11 is 5.32. The molecule has 0 N–H and O–H groups in total. The predicted molar refractivity (Wildman–Crippen MR) is 119 cm³/mol. The zero-order chi connectivity index (χ0) is 19.3. The maximum Gasteiger partial charge on any atom is 0.223 e. The number of aryl methyl sites for hydroxylation is 1. The molecule has 1 fully saturated rings. The summed E-state index contributed by atoms with van der Waals surface area (Å²) < 4.78 is 1.05. The van der Waals surface area contributed by atoms with Crippen molar-refractivity contribution in [1.29, 1.82) is 0 Å². The Bertz CT molecular complexity index is 921. The number of hydrogen-bond acceptors (Lipinski definition) is 4. The van der Waals surface area contributed by atoms with Gasteiger partial charge in [0, 0.05) is 38.2 Å². The zero-order valence-electron chi connectivity index (χ0n) is 15.6. The third-order valence-corrected chi connectivity index (χ3v) is 6.76. The van der Waals surface area contributed by atoms with E-state index < -0.39 is 0 Å². The molecule has 0 saturated carbocycles. The molecule has 144 valence electrons. The van der Waals surface area contributed by atoms with Crippen molar-refractivity contribution in [2.24, 2.45) is 0 Å². The number of rotatable bonds is 5. The number of anilines is 1. The van der Waals surface area contributed by atoms with Crippen LogP contribution in [0.3, 0.4) is 0 Å². The monoisotopic (exact) mass is 455 g/mol. The van der Waals surface area contributed by atoms with Gasteiger partial charge in [-0.2, -0.15) is 0 Å². The molecule has 1 aliphatic heterocycles. The van der Waals surface area contributed by atoms with Gasteiger partial charge in [0.25, 0.3) is 0 Å². The lowest BCUT2D eigenvalue weighted by Crippen LogP contribution is -2.48. The predicted octanol–water partition coefficient (Wildman–Crippen LogP) is 4.85. The first-order valence-electron chi connectivity index (χ1n) is 9.49. The van der Waals surface area contributed by atoms with Crippen LogP contribution in [0.2, 0.25) is 0 Å². The van der Waals surface area contributed by atoms with Gasteiger partial charge >= 0.3 is 0 Å². The summed E-state index contributed by atoms with van der Waals surface area (Å²) in [6.45, 7) is 3.16. The van der Waals surface area contributed by atoms with Crippen LogP contribution in [0.4, 0.5) is 5.13 Å². The van der Waals surface area contributed by atoms with Crippen LogP contribution >= 0.6 is 27.3 Å². The van der Waals surface area contributed by atoms with Gasteiger partial charge in [0.15, 0.2) is 5.13 Å².